The van der Waals surface area contributed by atoms with Gasteiger partial charge in [0.1, 0.15) is 17.4 Å². The minimum atomic E-state index is -0.396. The number of benzene rings is 1. The monoisotopic (exact) mass is 563 g/mol. The maximum atomic E-state index is 13.7. The second-order valence-corrected chi connectivity index (χ2v) is 10.6. The fourth-order valence-corrected chi connectivity index (χ4v) is 5.52. The molecular formula is C36H50FNO3. The Bertz CT molecular complexity index is 1200. The Hall–Kier alpha value is -3.07. The number of allylic oxidation sites excluding steroid dienone is 4. The van der Waals surface area contributed by atoms with Crippen LogP contribution < -0.4 is 0 Å². The van der Waals surface area contributed by atoms with E-state index in [4.69, 9.17) is 5.11 Å². The molecule has 4 aliphatic rings. The number of aromatic nitrogens is 1. The van der Waals surface area contributed by atoms with E-state index < -0.39 is 5.41 Å². The number of rotatable bonds is 4. The van der Waals surface area contributed by atoms with Gasteiger partial charge in [-0.15, -0.1) is 0 Å². The summed E-state index contributed by atoms with van der Waals surface area (Å²) in [4.78, 5) is 18.3. The molecule has 41 heavy (non-hydrogen) atoms. The van der Waals surface area contributed by atoms with Crippen LogP contribution in [0.2, 0.25) is 0 Å². The van der Waals surface area contributed by atoms with Gasteiger partial charge in [-0.25, -0.2) is 4.39 Å². The van der Waals surface area contributed by atoms with Crippen molar-refractivity contribution >= 4 is 5.78 Å². The van der Waals surface area contributed by atoms with Crippen molar-refractivity contribution in [2.45, 2.75) is 92.9 Å². The van der Waals surface area contributed by atoms with Crippen molar-refractivity contribution < 1.29 is 19.8 Å². The number of aliphatic hydroxyl groups is 1. The predicted octanol–water partition coefficient (Wildman–Crippen LogP) is 8.20. The largest absolute Gasteiger partial charge is 0.412 e. The number of pyridine rings is 1. The molecule has 2 fully saturated rings. The van der Waals surface area contributed by atoms with E-state index in [-0.39, 0.29) is 23.0 Å². The third-order valence-corrected chi connectivity index (χ3v) is 7.76. The van der Waals surface area contributed by atoms with Crippen LogP contribution in [-0.2, 0) is 0 Å². The molecule has 6 rings (SSSR count). The van der Waals surface area contributed by atoms with Crippen LogP contribution in [0.15, 0.2) is 65.4 Å². The van der Waals surface area contributed by atoms with E-state index in [1.807, 2.05) is 46.9 Å². The Kier molecular flexibility index (Phi) is 14.9. The van der Waals surface area contributed by atoms with E-state index in [0.717, 1.165) is 31.9 Å². The number of Topliss-reactive ketones (excluding diaryl/α,β-unsaturated/α-hetero) is 1. The van der Waals surface area contributed by atoms with Crippen LogP contribution in [0.5, 0.6) is 0 Å². The first-order chi connectivity index (χ1) is 19.4. The number of carbonyl (C=O) groups excluding carboxylic acids is 1. The van der Waals surface area contributed by atoms with Gasteiger partial charge in [0.2, 0.25) is 0 Å². The average molecular weight is 564 g/mol. The Morgan fingerprint density at radius 2 is 1.59 bits per heavy atom. The zero-order chi connectivity index (χ0) is 29.9. The van der Waals surface area contributed by atoms with Crippen LogP contribution in [-0.4, -0.2) is 28.5 Å². The van der Waals surface area contributed by atoms with Crippen molar-refractivity contribution in [3.05, 3.63) is 88.0 Å². The summed E-state index contributed by atoms with van der Waals surface area (Å²) in [5, 5.41) is 7.00. The Morgan fingerprint density at radius 1 is 0.976 bits per heavy atom. The van der Waals surface area contributed by atoms with Crippen molar-refractivity contribution in [3.8, 4) is 11.8 Å². The molecule has 0 radical (unpaired) electrons. The molecule has 0 amide bonds. The summed E-state index contributed by atoms with van der Waals surface area (Å²) in [5.74, 6) is 7.94. The van der Waals surface area contributed by atoms with Gasteiger partial charge in [0, 0.05) is 13.3 Å². The Labute approximate surface area is 247 Å². The van der Waals surface area contributed by atoms with Crippen molar-refractivity contribution in [3.63, 3.8) is 0 Å². The second kappa shape index (κ2) is 17.0. The molecule has 4 aliphatic carbocycles. The van der Waals surface area contributed by atoms with Crippen molar-refractivity contribution in [1.82, 2.24) is 4.98 Å². The first-order valence-electron chi connectivity index (χ1n) is 14.9. The van der Waals surface area contributed by atoms with Crippen molar-refractivity contribution in [2.75, 3.05) is 7.11 Å². The Balaban J connectivity index is 0.000000475. The van der Waals surface area contributed by atoms with Gasteiger partial charge in [-0.2, -0.15) is 0 Å². The van der Waals surface area contributed by atoms with Crippen LogP contribution in [0.3, 0.4) is 0 Å². The second-order valence-electron chi connectivity index (χ2n) is 10.6. The van der Waals surface area contributed by atoms with Gasteiger partial charge in [0.25, 0.3) is 0 Å². The quantitative estimate of drug-likeness (QED) is 0.301. The smallest absolute Gasteiger partial charge is 0.191 e. The summed E-state index contributed by atoms with van der Waals surface area (Å²) < 4.78 is 12.1. The molecule has 2 aromatic rings. The summed E-state index contributed by atoms with van der Waals surface area (Å²) >= 11 is 0. The highest BCUT2D eigenvalue weighted by Crippen LogP contribution is 2.54. The molecule has 0 unspecified atom stereocenters. The van der Waals surface area contributed by atoms with E-state index in [1.54, 1.807) is 12.1 Å². The third kappa shape index (κ3) is 9.21. The first-order valence-corrected chi connectivity index (χ1v) is 14.9. The molecule has 4 nitrogen and oxygen atoms in total. The summed E-state index contributed by atoms with van der Waals surface area (Å²) in [6.45, 7) is 14.4. The Morgan fingerprint density at radius 3 is 2.07 bits per heavy atom. The number of fused-ring (bicyclic) bond motifs is 1. The topological polar surface area (TPSA) is 81.7 Å². The summed E-state index contributed by atoms with van der Waals surface area (Å²) in [6, 6.07) is 10.5. The predicted molar refractivity (Wildman–Crippen MR) is 168 cm³/mol. The lowest BCUT2D eigenvalue weighted by Gasteiger charge is -2.44. The number of ketones is 1. The molecule has 2 saturated carbocycles. The number of hydrogen-bond acceptors (Lipinski definition) is 3. The van der Waals surface area contributed by atoms with E-state index in [1.165, 1.54) is 53.7 Å². The zero-order valence-corrected chi connectivity index (χ0v) is 26.3. The first kappa shape index (κ1) is 36.0. The third-order valence-electron chi connectivity index (χ3n) is 7.76. The van der Waals surface area contributed by atoms with Crippen LogP contribution in [0.4, 0.5) is 4.39 Å². The fraction of sp³-hybridized carbons (Fsp3) is 0.500. The van der Waals surface area contributed by atoms with E-state index >= 15 is 0 Å². The number of nitrogens with zero attached hydrogens (tertiary/aromatic N) is 1. The van der Waals surface area contributed by atoms with Crippen LogP contribution >= 0.6 is 0 Å². The number of hydrogen-bond donors (Lipinski definition) is 1. The zero-order valence-electron chi connectivity index (χ0n) is 26.3. The molecule has 224 valence electrons. The van der Waals surface area contributed by atoms with E-state index in [2.05, 4.69) is 42.8 Å². The number of aliphatic hydroxyl groups excluding tert-OH is 1. The number of aryl methyl sites for hydroxylation is 1. The van der Waals surface area contributed by atoms with Gasteiger partial charge in [0.15, 0.2) is 5.78 Å². The summed E-state index contributed by atoms with van der Waals surface area (Å²) in [5.41, 5.74) is 6.61. The standard InChI is InChI=1S/C24H25NO.C7H7F.2C2H6.CH4O.H2O/c1-15-3-9-20-11-16(2)21(18-6-7-18)13-24(20,12-15)23(26)22-10-8-19(14-25-22)17-4-5-17;1-6-2-4-7(8)5-3-6;3*1-2;/h8,10-11,14-15,17-18H,3-5,9,12-13H2,1-2H3;2-5H,1H3;2*1-2H3;2H,1H3;1H2/t15-,24+;;;;;/m0...../s1. The lowest BCUT2D eigenvalue weighted by molar-refractivity contribution is 0.0757. The number of halogens is 1. The molecule has 1 aromatic carbocycles. The molecule has 0 saturated heterocycles. The van der Waals surface area contributed by atoms with E-state index in [9.17, 15) is 9.18 Å². The van der Waals surface area contributed by atoms with Gasteiger partial charge in [-0.3, -0.25) is 9.78 Å². The maximum Gasteiger partial charge on any atom is 0.191 e. The highest BCUT2D eigenvalue weighted by Gasteiger charge is 2.49. The normalized spacial score (nSPS) is 21.4. The highest BCUT2D eigenvalue weighted by molar-refractivity contribution is 6.01. The van der Waals surface area contributed by atoms with Crippen molar-refractivity contribution in [2.24, 2.45) is 17.3 Å². The lowest BCUT2D eigenvalue weighted by Crippen LogP contribution is -2.41. The average Bonchev–Trinajstić information content (AvgIpc) is 3.92. The minimum Gasteiger partial charge on any atom is -0.412 e. The van der Waals surface area contributed by atoms with Gasteiger partial charge in [-0.05, 0) is 99.1 Å². The van der Waals surface area contributed by atoms with Gasteiger partial charge < -0.3 is 10.6 Å². The summed E-state index contributed by atoms with van der Waals surface area (Å²) in [7, 11) is 1.00. The molecule has 0 aliphatic heterocycles. The van der Waals surface area contributed by atoms with Crippen molar-refractivity contribution in [1.29, 1.82) is 0 Å². The van der Waals surface area contributed by atoms with Crippen LogP contribution in [0.1, 0.15) is 108 Å². The van der Waals surface area contributed by atoms with Gasteiger partial charge in [-0.1, -0.05) is 81.9 Å². The maximum absolute atomic E-state index is 13.7. The summed E-state index contributed by atoms with van der Waals surface area (Å²) in [6.07, 6.45) is 10.7. The molecule has 0 spiro atoms. The van der Waals surface area contributed by atoms with Gasteiger partial charge in [0.05, 0.1) is 5.41 Å². The molecule has 1 heterocycles. The van der Waals surface area contributed by atoms with Crippen LogP contribution in [0, 0.1) is 41.8 Å². The molecule has 2 atom stereocenters. The number of carbonyl (C=O) groups is 1. The molecule has 5 heteroatoms. The lowest BCUT2D eigenvalue weighted by atomic mass is 9.58. The van der Waals surface area contributed by atoms with Crippen LogP contribution in [0.25, 0.3) is 0 Å². The fourth-order valence-electron chi connectivity index (χ4n) is 5.52. The molecule has 1 aromatic heterocycles. The highest BCUT2D eigenvalue weighted by atomic mass is 19.1. The van der Waals surface area contributed by atoms with Gasteiger partial charge >= 0.3 is 0 Å². The minimum absolute atomic E-state index is 0. The van der Waals surface area contributed by atoms with E-state index in [0.29, 0.717) is 17.5 Å². The SMILES string of the molecule is CC.CC.CC1=C(C2C#C2)C[C@]2(C(=O)c3ccc(C4CC4)cn3)C[C@@H](C)CCC2=C1.CO.Cc1ccc(F)cc1.O. The molecule has 3 N–H and O–H groups in total. The molecule has 0 bridgehead atoms. The molecular weight excluding hydrogens is 513 g/mol.